The van der Waals surface area contributed by atoms with E-state index in [2.05, 4.69) is 10.6 Å². The summed E-state index contributed by atoms with van der Waals surface area (Å²) in [4.78, 5) is 23.7. The lowest BCUT2D eigenvalue weighted by molar-refractivity contribution is -0.133. The summed E-state index contributed by atoms with van der Waals surface area (Å²) in [5.74, 6) is -1.39. The summed E-state index contributed by atoms with van der Waals surface area (Å²) in [6.07, 6.45) is -1.15. The Morgan fingerprint density at radius 1 is 0.962 bits per heavy atom. The van der Waals surface area contributed by atoms with E-state index in [9.17, 15) is 14.7 Å². The minimum atomic E-state index is -1.24. The first-order valence-corrected chi connectivity index (χ1v) is 8.27. The van der Waals surface area contributed by atoms with E-state index in [0.717, 1.165) is 12.1 Å². The van der Waals surface area contributed by atoms with E-state index in [1.807, 2.05) is 42.5 Å². The molecular formula is C19H23N3O4. The predicted molar refractivity (Wildman–Crippen MR) is 96.3 cm³/mol. The highest BCUT2D eigenvalue weighted by Crippen LogP contribution is 2.06. The number of benzene rings is 2. The van der Waals surface area contributed by atoms with Crippen LogP contribution in [0.25, 0.3) is 0 Å². The lowest BCUT2D eigenvalue weighted by Crippen LogP contribution is -2.51. The van der Waals surface area contributed by atoms with Gasteiger partial charge in [0.15, 0.2) is 0 Å². The van der Waals surface area contributed by atoms with E-state index in [-0.39, 0.29) is 0 Å². The minimum Gasteiger partial charge on any atom is -0.391 e. The minimum absolute atomic E-state index is 0.355. The molecule has 0 radical (unpaired) electrons. The van der Waals surface area contributed by atoms with Gasteiger partial charge in [-0.05, 0) is 30.2 Å². The van der Waals surface area contributed by atoms with E-state index < -0.39 is 24.0 Å². The molecule has 138 valence electrons. The van der Waals surface area contributed by atoms with Crippen molar-refractivity contribution >= 4 is 11.8 Å². The van der Waals surface area contributed by atoms with Crippen molar-refractivity contribution < 1.29 is 19.9 Å². The summed E-state index contributed by atoms with van der Waals surface area (Å²) in [6.45, 7) is 2.75. The third-order valence-corrected chi connectivity index (χ3v) is 3.88. The number of aliphatic hydroxyl groups excluding tert-OH is 1. The van der Waals surface area contributed by atoms with Crippen molar-refractivity contribution in [1.82, 2.24) is 16.1 Å². The normalized spacial score (nSPS) is 12.9. The Morgan fingerprint density at radius 3 is 2.08 bits per heavy atom. The molecule has 0 aromatic heterocycles. The molecule has 5 N–H and O–H groups in total. The number of hydrogen-bond donors (Lipinski definition) is 5. The Balaban J connectivity index is 1.89. The molecule has 2 amide bonds. The summed E-state index contributed by atoms with van der Waals surface area (Å²) in [7, 11) is 0. The van der Waals surface area contributed by atoms with Crippen LogP contribution in [0, 0.1) is 0 Å². The smallest absolute Gasteiger partial charge is 0.268 e. The molecule has 0 saturated carbocycles. The second-order valence-corrected chi connectivity index (χ2v) is 5.95. The first-order valence-electron chi connectivity index (χ1n) is 8.27. The highest BCUT2D eigenvalue weighted by atomic mass is 16.5. The number of hydrogen-bond acceptors (Lipinski definition) is 5. The quantitative estimate of drug-likeness (QED) is 0.357. The average molecular weight is 357 g/mol. The highest BCUT2D eigenvalue weighted by molar-refractivity contribution is 5.97. The van der Waals surface area contributed by atoms with Crippen molar-refractivity contribution in [3.63, 3.8) is 0 Å². The number of amides is 2. The fourth-order valence-corrected chi connectivity index (χ4v) is 2.42. The van der Waals surface area contributed by atoms with Crippen molar-refractivity contribution in [3.8, 4) is 0 Å². The maximum absolute atomic E-state index is 12.2. The van der Waals surface area contributed by atoms with Gasteiger partial charge in [0.2, 0.25) is 0 Å². The van der Waals surface area contributed by atoms with Crippen LogP contribution in [-0.2, 0) is 17.9 Å². The van der Waals surface area contributed by atoms with Crippen molar-refractivity contribution in [3.05, 3.63) is 71.3 Å². The third kappa shape index (κ3) is 5.66. The van der Waals surface area contributed by atoms with E-state index in [0.29, 0.717) is 12.1 Å². The Labute approximate surface area is 152 Å². The number of aliphatic hydroxyl groups is 1. The van der Waals surface area contributed by atoms with E-state index in [1.165, 1.54) is 18.0 Å². The zero-order valence-electron chi connectivity index (χ0n) is 14.5. The molecule has 2 aromatic rings. The average Bonchev–Trinajstić information content (AvgIpc) is 2.66. The van der Waals surface area contributed by atoms with Gasteiger partial charge in [-0.25, -0.2) is 5.48 Å². The van der Waals surface area contributed by atoms with Gasteiger partial charge in [-0.15, -0.1) is 0 Å². The molecule has 0 aliphatic rings. The van der Waals surface area contributed by atoms with Gasteiger partial charge in [-0.2, -0.15) is 0 Å². The molecule has 0 unspecified atom stereocenters. The van der Waals surface area contributed by atoms with Crippen LogP contribution in [0.3, 0.4) is 0 Å². The Hall–Kier alpha value is -2.74. The van der Waals surface area contributed by atoms with Crippen LogP contribution in [0.2, 0.25) is 0 Å². The van der Waals surface area contributed by atoms with Crippen LogP contribution >= 0.6 is 0 Å². The number of hydroxylamine groups is 1. The molecule has 0 heterocycles. The van der Waals surface area contributed by atoms with Gasteiger partial charge in [-0.1, -0.05) is 42.5 Å². The molecule has 0 fully saturated rings. The molecule has 26 heavy (non-hydrogen) atoms. The summed E-state index contributed by atoms with van der Waals surface area (Å²) < 4.78 is 0. The second kappa shape index (κ2) is 9.67. The molecule has 0 bridgehead atoms. The maximum Gasteiger partial charge on any atom is 0.268 e. The summed E-state index contributed by atoms with van der Waals surface area (Å²) in [6, 6.07) is 15.7. The molecule has 0 saturated heterocycles. The fraction of sp³-hybridized carbons (Fsp3) is 0.263. The Morgan fingerprint density at radius 2 is 1.54 bits per heavy atom. The largest absolute Gasteiger partial charge is 0.391 e. The first-order chi connectivity index (χ1) is 12.5. The molecular weight excluding hydrogens is 334 g/mol. The summed E-state index contributed by atoms with van der Waals surface area (Å²) in [5, 5.41) is 23.9. The first kappa shape index (κ1) is 19.6. The Bertz CT molecular complexity index is 717. The number of carbonyl (C=O) groups is 2. The topological polar surface area (TPSA) is 111 Å². The summed E-state index contributed by atoms with van der Waals surface area (Å²) in [5.41, 5.74) is 3.98. The van der Waals surface area contributed by atoms with Gasteiger partial charge in [0, 0.05) is 18.7 Å². The molecule has 2 aromatic carbocycles. The highest BCUT2D eigenvalue weighted by Gasteiger charge is 2.25. The lowest BCUT2D eigenvalue weighted by atomic mass is 10.1. The van der Waals surface area contributed by atoms with Gasteiger partial charge in [0.05, 0.1) is 6.10 Å². The molecule has 0 aliphatic heterocycles. The van der Waals surface area contributed by atoms with Gasteiger partial charge >= 0.3 is 0 Å². The SMILES string of the molecule is C[C@@H](O)[C@H](NC(=O)c1ccc(CNCc2ccccc2)cc1)C(=O)NO. The van der Waals surface area contributed by atoms with E-state index in [4.69, 9.17) is 5.21 Å². The fourth-order valence-electron chi connectivity index (χ4n) is 2.42. The van der Waals surface area contributed by atoms with Crippen molar-refractivity contribution in [2.24, 2.45) is 0 Å². The third-order valence-electron chi connectivity index (χ3n) is 3.88. The van der Waals surface area contributed by atoms with E-state index in [1.54, 1.807) is 12.1 Å². The number of nitrogens with one attached hydrogen (secondary N) is 3. The van der Waals surface area contributed by atoms with Gasteiger partial charge in [0.25, 0.3) is 11.8 Å². The standard InChI is InChI=1S/C19H23N3O4/c1-13(23)17(19(25)22-26)21-18(24)16-9-7-15(8-10-16)12-20-11-14-5-3-2-4-6-14/h2-10,13,17,20,23,26H,11-12H2,1H3,(H,21,24)(H,22,25)/t13-,17+/m1/s1. The molecule has 0 aliphatic carbocycles. The van der Waals surface area contributed by atoms with Crippen LogP contribution in [0.15, 0.2) is 54.6 Å². The van der Waals surface area contributed by atoms with Crippen molar-refractivity contribution in [2.45, 2.75) is 32.2 Å². The van der Waals surface area contributed by atoms with Gasteiger partial charge in [-0.3, -0.25) is 14.8 Å². The van der Waals surface area contributed by atoms with Crippen LogP contribution in [0.5, 0.6) is 0 Å². The van der Waals surface area contributed by atoms with E-state index >= 15 is 0 Å². The molecule has 2 atom stereocenters. The summed E-state index contributed by atoms with van der Waals surface area (Å²) >= 11 is 0. The van der Waals surface area contributed by atoms with Crippen molar-refractivity contribution in [2.75, 3.05) is 0 Å². The molecule has 7 heteroatoms. The van der Waals surface area contributed by atoms with Crippen LogP contribution in [-0.4, -0.2) is 34.3 Å². The lowest BCUT2D eigenvalue weighted by Gasteiger charge is -2.19. The number of carbonyl (C=O) groups excluding carboxylic acids is 2. The monoisotopic (exact) mass is 357 g/mol. The number of rotatable bonds is 8. The van der Waals surface area contributed by atoms with Gasteiger partial charge < -0.3 is 15.7 Å². The maximum atomic E-state index is 12.2. The predicted octanol–water partition coefficient (Wildman–Crippen LogP) is 0.961. The van der Waals surface area contributed by atoms with Crippen LogP contribution in [0.4, 0.5) is 0 Å². The van der Waals surface area contributed by atoms with Crippen LogP contribution in [0.1, 0.15) is 28.4 Å². The zero-order valence-corrected chi connectivity index (χ0v) is 14.5. The Kier molecular flexibility index (Phi) is 7.28. The molecule has 7 nitrogen and oxygen atoms in total. The van der Waals surface area contributed by atoms with Crippen LogP contribution < -0.4 is 16.1 Å². The van der Waals surface area contributed by atoms with Gasteiger partial charge in [0.1, 0.15) is 6.04 Å². The molecule has 2 rings (SSSR count). The zero-order chi connectivity index (χ0) is 18.9. The second-order valence-electron chi connectivity index (χ2n) is 5.95. The molecule has 0 spiro atoms. The van der Waals surface area contributed by atoms with Crippen molar-refractivity contribution in [1.29, 1.82) is 0 Å².